The second-order valence-corrected chi connectivity index (χ2v) is 10.2. The van der Waals surface area contributed by atoms with Crippen LogP contribution in [0.5, 0.6) is 0 Å². The summed E-state index contributed by atoms with van der Waals surface area (Å²) in [6.45, 7) is 7.71. The van der Waals surface area contributed by atoms with Gasteiger partial charge in [-0.05, 0) is 92.4 Å². The summed E-state index contributed by atoms with van der Waals surface area (Å²) >= 11 is 0. The number of hydrogen-bond donors (Lipinski definition) is 1. The number of carbonyl (C=O) groups is 2. The number of allylic oxidation sites excluding steroid dienone is 2. The zero-order valence-electron chi connectivity index (χ0n) is 17.2. The SMILES string of the molecule is CC(=O)OC1CC[C@@]2(C)C(CC[C@H]3[C@@H]4CC=C(C(C)=O)[C@@]4(C)CC[C@@]32O)C1. The minimum absolute atomic E-state index is 0.00652. The van der Waals surface area contributed by atoms with Crippen LogP contribution in [-0.4, -0.2) is 28.6 Å². The quantitative estimate of drug-likeness (QED) is 0.736. The van der Waals surface area contributed by atoms with Gasteiger partial charge in [-0.2, -0.15) is 0 Å². The van der Waals surface area contributed by atoms with Crippen molar-refractivity contribution in [1.82, 2.24) is 0 Å². The van der Waals surface area contributed by atoms with Gasteiger partial charge in [-0.3, -0.25) is 9.59 Å². The predicted octanol–water partition coefficient (Wildman–Crippen LogP) is 4.20. The lowest BCUT2D eigenvalue weighted by Gasteiger charge is -2.65. The zero-order chi connectivity index (χ0) is 19.6. The number of Topliss-reactive ketones (excluding diaryl/α,β-unsaturated/α-hetero) is 1. The Balaban J connectivity index is 1.60. The van der Waals surface area contributed by atoms with E-state index in [1.165, 1.54) is 6.92 Å². The van der Waals surface area contributed by atoms with Crippen LogP contribution in [0.1, 0.15) is 79.1 Å². The Hall–Kier alpha value is -1.16. The lowest BCUT2D eigenvalue weighted by Crippen LogP contribution is -2.65. The molecular weight excluding hydrogens is 340 g/mol. The lowest BCUT2D eigenvalue weighted by molar-refractivity contribution is -0.237. The van der Waals surface area contributed by atoms with Crippen LogP contribution in [0.25, 0.3) is 0 Å². The molecule has 2 unspecified atom stereocenters. The van der Waals surface area contributed by atoms with Crippen molar-refractivity contribution in [3.05, 3.63) is 11.6 Å². The smallest absolute Gasteiger partial charge is 0.302 e. The van der Waals surface area contributed by atoms with Gasteiger partial charge in [0.2, 0.25) is 0 Å². The molecular formula is C23H34O4. The fourth-order valence-corrected chi connectivity index (χ4v) is 7.62. The maximum atomic E-state index is 12.2. The molecule has 0 aliphatic heterocycles. The Bertz CT molecular complexity index is 696. The van der Waals surface area contributed by atoms with E-state index in [4.69, 9.17) is 4.74 Å². The molecule has 3 fully saturated rings. The highest BCUT2D eigenvalue weighted by Gasteiger charge is 2.66. The maximum Gasteiger partial charge on any atom is 0.302 e. The molecule has 150 valence electrons. The second-order valence-electron chi connectivity index (χ2n) is 10.2. The average molecular weight is 375 g/mol. The molecule has 3 saturated carbocycles. The van der Waals surface area contributed by atoms with Gasteiger partial charge in [-0.1, -0.05) is 19.9 Å². The van der Waals surface area contributed by atoms with Gasteiger partial charge in [0.05, 0.1) is 5.60 Å². The Morgan fingerprint density at radius 3 is 2.48 bits per heavy atom. The number of carbonyl (C=O) groups excluding carboxylic acids is 2. The fraction of sp³-hybridized carbons (Fsp3) is 0.826. The molecule has 4 aliphatic carbocycles. The molecule has 0 amide bonds. The highest BCUT2D eigenvalue weighted by atomic mass is 16.5. The molecule has 0 aromatic carbocycles. The first kappa shape index (κ1) is 19.2. The molecule has 0 bridgehead atoms. The van der Waals surface area contributed by atoms with E-state index in [1.54, 1.807) is 6.92 Å². The lowest BCUT2D eigenvalue weighted by atomic mass is 9.42. The third-order valence-corrected chi connectivity index (χ3v) is 9.10. The highest BCUT2D eigenvalue weighted by molar-refractivity contribution is 5.95. The molecule has 7 atom stereocenters. The number of hydrogen-bond acceptors (Lipinski definition) is 4. The van der Waals surface area contributed by atoms with E-state index in [-0.39, 0.29) is 34.6 Å². The maximum absolute atomic E-state index is 12.2. The summed E-state index contributed by atoms with van der Waals surface area (Å²) in [5.41, 5.74) is 0.148. The third-order valence-electron chi connectivity index (χ3n) is 9.10. The Kier molecular flexibility index (Phi) is 4.38. The second kappa shape index (κ2) is 6.17. The van der Waals surface area contributed by atoms with E-state index < -0.39 is 5.60 Å². The van der Waals surface area contributed by atoms with E-state index in [9.17, 15) is 14.7 Å². The van der Waals surface area contributed by atoms with Crippen molar-refractivity contribution in [3.8, 4) is 0 Å². The molecule has 1 N–H and O–H groups in total. The number of ketones is 1. The Morgan fingerprint density at radius 1 is 1.07 bits per heavy atom. The number of fused-ring (bicyclic) bond motifs is 5. The van der Waals surface area contributed by atoms with E-state index in [2.05, 4.69) is 19.9 Å². The van der Waals surface area contributed by atoms with Crippen LogP contribution in [0.15, 0.2) is 11.6 Å². The fourth-order valence-electron chi connectivity index (χ4n) is 7.62. The van der Waals surface area contributed by atoms with Gasteiger partial charge in [-0.25, -0.2) is 0 Å². The van der Waals surface area contributed by atoms with E-state index >= 15 is 0 Å². The molecule has 27 heavy (non-hydrogen) atoms. The van der Waals surface area contributed by atoms with Crippen molar-refractivity contribution in [3.63, 3.8) is 0 Å². The minimum atomic E-state index is -0.665. The van der Waals surface area contributed by atoms with Gasteiger partial charge in [0.15, 0.2) is 5.78 Å². The average Bonchev–Trinajstić information content (AvgIpc) is 2.93. The van der Waals surface area contributed by atoms with Crippen molar-refractivity contribution in [2.45, 2.75) is 90.8 Å². The van der Waals surface area contributed by atoms with Gasteiger partial charge >= 0.3 is 5.97 Å². The summed E-state index contributed by atoms with van der Waals surface area (Å²) < 4.78 is 5.51. The topological polar surface area (TPSA) is 63.6 Å². The standard InChI is InChI=1S/C23H34O4/c1-14(24)18-7-8-19-20-6-5-16-13-17(27-15(2)25)9-10-22(16,4)23(20,26)12-11-21(18,19)3/h7,16-17,19-20,26H,5-6,8-13H2,1-4H3/t16?,17?,19-,20-,21+,22-,23+/m0/s1. The Labute approximate surface area is 162 Å². The molecule has 4 rings (SSSR count). The molecule has 0 heterocycles. The number of aliphatic hydroxyl groups is 1. The van der Waals surface area contributed by atoms with Crippen molar-refractivity contribution in [2.24, 2.45) is 28.6 Å². The summed E-state index contributed by atoms with van der Waals surface area (Å²) in [6.07, 6.45) is 9.51. The van der Waals surface area contributed by atoms with Gasteiger partial charge in [0.1, 0.15) is 6.10 Å². The molecule has 4 heteroatoms. The number of rotatable bonds is 2. The van der Waals surface area contributed by atoms with Crippen LogP contribution in [0.2, 0.25) is 0 Å². The molecule has 4 aliphatic rings. The Morgan fingerprint density at radius 2 is 1.81 bits per heavy atom. The summed E-state index contributed by atoms with van der Waals surface area (Å²) in [6, 6.07) is 0. The van der Waals surface area contributed by atoms with Crippen LogP contribution in [0.4, 0.5) is 0 Å². The molecule has 0 saturated heterocycles. The van der Waals surface area contributed by atoms with Crippen LogP contribution in [0, 0.1) is 28.6 Å². The first-order valence-electron chi connectivity index (χ1n) is 10.7. The summed E-state index contributed by atoms with van der Waals surface area (Å²) in [5.74, 6) is 1.04. The predicted molar refractivity (Wildman–Crippen MR) is 103 cm³/mol. The third kappa shape index (κ3) is 2.58. The largest absolute Gasteiger partial charge is 0.463 e. The van der Waals surface area contributed by atoms with Crippen molar-refractivity contribution >= 4 is 11.8 Å². The summed E-state index contributed by atoms with van der Waals surface area (Å²) in [5, 5.41) is 12.1. The monoisotopic (exact) mass is 374 g/mol. The molecule has 4 nitrogen and oxygen atoms in total. The van der Waals surface area contributed by atoms with Gasteiger partial charge in [0.25, 0.3) is 0 Å². The first-order valence-corrected chi connectivity index (χ1v) is 10.7. The number of ether oxygens (including phenoxy) is 1. The van der Waals surface area contributed by atoms with Crippen molar-refractivity contribution in [2.75, 3.05) is 0 Å². The van der Waals surface area contributed by atoms with Gasteiger partial charge in [-0.15, -0.1) is 0 Å². The minimum Gasteiger partial charge on any atom is -0.463 e. The summed E-state index contributed by atoms with van der Waals surface area (Å²) in [7, 11) is 0. The summed E-state index contributed by atoms with van der Waals surface area (Å²) in [4.78, 5) is 23.6. The van der Waals surface area contributed by atoms with Gasteiger partial charge in [0, 0.05) is 6.92 Å². The molecule has 0 spiro atoms. The van der Waals surface area contributed by atoms with Crippen LogP contribution >= 0.6 is 0 Å². The molecule has 0 aromatic rings. The highest BCUT2D eigenvalue weighted by Crippen LogP contribution is 2.68. The van der Waals surface area contributed by atoms with E-state index in [0.717, 1.165) is 56.9 Å². The molecule has 0 radical (unpaired) electrons. The van der Waals surface area contributed by atoms with E-state index in [0.29, 0.717) is 11.8 Å². The normalized spacial score (nSPS) is 48.7. The number of esters is 1. The van der Waals surface area contributed by atoms with E-state index in [1.807, 2.05) is 0 Å². The van der Waals surface area contributed by atoms with Crippen LogP contribution < -0.4 is 0 Å². The van der Waals surface area contributed by atoms with Gasteiger partial charge < -0.3 is 9.84 Å². The van der Waals surface area contributed by atoms with Crippen molar-refractivity contribution < 1.29 is 19.4 Å². The molecule has 0 aromatic heterocycles. The van der Waals surface area contributed by atoms with Crippen LogP contribution in [-0.2, 0) is 14.3 Å². The first-order chi connectivity index (χ1) is 12.6. The zero-order valence-corrected chi connectivity index (χ0v) is 17.2. The van der Waals surface area contributed by atoms with Crippen molar-refractivity contribution in [1.29, 1.82) is 0 Å². The van der Waals surface area contributed by atoms with Crippen LogP contribution in [0.3, 0.4) is 0 Å².